The van der Waals surface area contributed by atoms with Crippen LogP contribution in [-0.2, 0) is 6.54 Å². The lowest BCUT2D eigenvalue weighted by Crippen LogP contribution is -2.38. The molecular weight excluding hydrogens is 301 g/mol. The molecule has 4 nitrogen and oxygen atoms in total. The van der Waals surface area contributed by atoms with Crippen molar-refractivity contribution in [2.24, 2.45) is 4.99 Å². The molecule has 0 unspecified atom stereocenters. The Morgan fingerprint density at radius 1 is 1.38 bits per heavy atom. The number of rotatable bonds is 7. The summed E-state index contributed by atoms with van der Waals surface area (Å²) in [5.41, 5.74) is 0. The molecule has 0 bridgehead atoms. The third kappa shape index (κ3) is 8.56. The van der Waals surface area contributed by atoms with Crippen LogP contribution in [0.25, 0.3) is 0 Å². The molecule has 0 fully saturated rings. The number of hydrogen-bond donors (Lipinski definition) is 2. The van der Waals surface area contributed by atoms with Crippen molar-refractivity contribution in [1.82, 2.24) is 15.5 Å². The lowest BCUT2D eigenvalue weighted by Gasteiger charge is -2.18. The predicted octanol–water partition coefficient (Wildman–Crippen LogP) is 2.30. The molecule has 0 aliphatic rings. The summed E-state index contributed by atoms with van der Waals surface area (Å²) in [6, 6.07) is 4.01. The Hall–Kier alpha value is -1.28. The van der Waals surface area contributed by atoms with Crippen LogP contribution in [0.15, 0.2) is 22.5 Å². The summed E-state index contributed by atoms with van der Waals surface area (Å²) >= 11 is 1.65. The van der Waals surface area contributed by atoms with Gasteiger partial charge in [0, 0.05) is 18.5 Å². The predicted molar refractivity (Wildman–Crippen MR) is 80.7 cm³/mol. The van der Waals surface area contributed by atoms with E-state index in [-0.39, 0.29) is 0 Å². The van der Waals surface area contributed by atoms with Crippen molar-refractivity contribution in [3.8, 4) is 0 Å². The molecule has 0 radical (unpaired) electrons. The molecule has 0 saturated carbocycles. The van der Waals surface area contributed by atoms with Crippen LogP contribution in [0.5, 0.6) is 0 Å². The van der Waals surface area contributed by atoms with Crippen LogP contribution < -0.4 is 10.6 Å². The van der Waals surface area contributed by atoms with Crippen molar-refractivity contribution in [2.75, 3.05) is 33.7 Å². The Morgan fingerprint density at radius 3 is 2.71 bits per heavy atom. The summed E-state index contributed by atoms with van der Waals surface area (Å²) in [6.07, 6.45) is -3.52. The number of hydrogen-bond acceptors (Lipinski definition) is 3. The van der Waals surface area contributed by atoms with Gasteiger partial charge in [-0.05, 0) is 31.5 Å². The molecule has 1 aromatic heterocycles. The van der Waals surface area contributed by atoms with Crippen molar-refractivity contribution in [1.29, 1.82) is 0 Å². The molecule has 0 amide bonds. The Balaban J connectivity index is 2.15. The largest absolute Gasteiger partial charge is 0.401 e. The van der Waals surface area contributed by atoms with Crippen LogP contribution in [0.1, 0.15) is 11.3 Å². The highest BCUT2D eigenvalue weighted by molar-refractivity contribution is 7.09. The van der Waals surface area contributed by atoms with Gasteiger partial charge in [-0.15, -0.1) is 11.3 Å². The van der Waals surface area contributed by atoms with Gasteiger partial charge in [-0.2, -0.15) is 13.2 Å². The van der Waals surface area contributed by atoms with E-state index in [4.69, 9.17) is 0 Å². The van der Waals surface area contributed by atoms with Gasteiger partial charge in [0.25, 0.3) is 0 Å². The summed E-state index contributed by atoms with van der Waals surface area (Å²) in [7, 11) is 3.14. The SMILES string of the molecule is CN=C(NCCCN(C)CC(F)(F)F)NCc1cccs1. The number of guanidine groups is 1. The minimum Gasteiger partial charge on any atom is -0.356 e. The number of halogens is 3. The van der Waals surface area contributed by atoms with E-state index in [1.54, 1.807) is 18.4 Å². The van der Waals surface area contributed by atoms with Gasteiger partial charge in [-0.1, -0.05) is 6.07 Å². The molecule has 0 aliphatic carbocycles. The van der Waals surface area contributed by atoms with E-state index in [0.29, 0.717) is 32.0 Å². The van der Waals surface area contributed by atoms with E-state index < -0.39 is 12.7 Å². The molecule has 1 aromatic rings. The van der Waals surface area contributed by atoms with Gasteiger partial charge in [0.15, 0.2) is 5.96 Å². The van der Waals surface area contributed by atoms with Crippen LogP contribution in [0, 0.1) is 0 Å². The average molecular weight is 322 g/mol. The molecule has 0 saturated heterocycles. The van der Waals surface area contributed by atoms with E-state index in [0.717, 1.165) is 0 Å². The first-order valence-corrected chi connectivity index (χ1v) is 7.51. The zero-order chi connectivity index (χ0) is 15.7. The van der Waals surface area contributed by atoms with Crippen molar-refractivity contribution >= 4 is 17.3 Å². The van der Waals surface area contributed by atoms with Crippen LogP contribution >= 0.6 is 11.3 Å². The highest BCUT2D eigenvalue weighted by Gasteiger charge is 2.28. The minimum atomic E-state index is -4.14. The minimum absolute atomic E-state index is 0.383. The molecule has 1 heterocycles. The summed E-state index contributed by atoms with van der Waals surface area (Å²) in [5.74, 6) is 0.655. The Bertz CT molecular complexity index is 418. The fourth-order valence-electron chi connectivity index (χ4n) is 1.75. The summed E-state index contributed by atoms with van der Waals surface area (Å²) in [5, 5.41) is 8.24. The van der Waals surface area contributed by atoms with Crippen molar-refractivity contribution < 1.29 is 13.2 Å². The smallest absolute Gasteiger partial charge is 0.356 e. The van der Waals surface area contributed by atoms with E-state index in [1.807, 2.05) is 17.5 Å². The number of aliphatic imine (C=N–C) groups is 1. The molecule has 8 heteroatoms. The summed E-state index contributed by atoms with van der Waals surface area (Å²) in [6.45, 7) is 0.768. The monoisotopic (exact) mass is 322 g/mol. The zero-order valence-corrected chi connectivity index (χ0v) is 13.0. The quantitative estimate of drug-likeness (QED) is 0.460. The van der Waals surface area contributed by atoms with Gasteiger partial charge in [0.2, 0.25) is 0 Å². The maximum absolute atomic E-state index is 12.1. The van der Waals surface area contributed by atoms with Crippen LogP contribution in [0.2, 0.25) is 0 Å². The van der Waals surface area contributed by atoms with Crippen molar-refractivity contribution in [3.63, 3.8) is 0 Å². The Morgan fingerprint density at radius 2 is 2.14 bits per heavy atom. The van der Waals surface area contributed by atoms with Crippen LogP contribution in [-0.4, -0.2) is 50.8 Å². The zero-order valence-electron chi connectivity index (χ0n) is 12.2. The average Bonchev–Trinajstić information content (AvgIpc) is 2.89. The Labute approximate surface area is 127 Å². The number of nitrogens with zero attached hydrogens (tertiary/aromatic N) is 2. The van der Waals surface area contributed by atoms with E-state index in [2.05, 4.69) is 15.6 Å². The maximum Gasteiger partial charge on any atom is 0.401 e. The third-order valence-electron chi connectivity index (χ3n) is 2.69. The molecule has 0 spiro atoms. The fourth-order valence-corrected chi connectivity index (χ4v) is 2.39. The van der Waals surface area contributed by atoms with Gasteiger partial charge in [0.1, 0.15) is 0 Å². The number of thiophene rings is 1. The van der Waals surface area contributed by atoms with Gasteiger partial charge in [-0.3, -0.25) is 9.89 Å². The van der Waals surface area contributed by atoms with E-state index in [1.165, 1.54) is 16.8 Å². The second kappa shape index (κ2) is 8.89. The van der Waals surface area contributed by atoms with Gasteiger partial charge < -0.3 is 10.6 Å². The van der Waals surface area contributed by atoms with Crippen LogP contribution in [0.3, 0.4) is 0 Å². The number of nitrogens with one attached hydrogen (secondary N) is 2. The molecule has 0 atom stereocenters. The van der Waals surface area contributed by atoms with E-state index in [9.17, 15) is 13.2 Å². The molecule has 1 rings (SSSR count). The van der Waals surface area contributed by atoms with Crippen molar-refractivity contribution in [3.05, 3.63) is 22.4 Å². The molecule has 2 N–H and O–H groups in total. The standard InChI is InChI=1S/C13H21F3N4S/c1-17-12(19-9-11-5-3-8-21-11)18-6-4-7-20(2)10-13(14,15)16/h3,5,8H,4,6-7,9-10H2,1-2H3,(H2,17,18,19). The molecule has 21 heavy (non-hydrogen) atoms. The van der Waals surface area contributed by atoms with Gasteiger partial charge >= 0.3 is 6.18 Å². The first-order chi connectivity index (χ1) is 9.90. The molecular formula is C13H21F3N4S. The number of alkyl halides is 3. The van der Waals surface area contributed by atoms with Crippen LogP contribution in [0.4, 0.5) is 13.2 Å². The second-order valence-corrected chi connectivity index (χ2v) is 5.67. The third-order valence-corrected chi connectivity index (χ3v) is 3.57. The normalized spacial score (nSPS) is 12.8. The highest BCUT2D eigenvalue weighted by Crippen LogP contribution is 2.15. The topological polar surface area (TPSA) is 39.7 Å². The fraction of sp³-hybridized carbons (Fsp3) is 0.615. The maximum atomic E-state index is 12.1. The summed E-state index contributed by atoms with van der Waals surface area (Å²) < 4.78 is 36.4. The lowest BCUT2D eigenvalue weighted by molar-refractivity contribution is -0.143. The first kappa shape index (κ1) is 17.8. The lowest BCUT2D eigenvalue weighted by atomic mass is 10.4. The van der Waals surface area contributed by atoms with E-state index >= 15 is 0 Å². The molecule has 120 valence electrons. The first-order valence-electron chi connectivity index (χ1n) is 6.63. The summed E-state index contributed by atoms with van der Waals surface area (Å²) in [4.78, 5) is 6.53. The van der Waals surface area contributed by atoms with Gasteiger partial charge in [-0.25, -0.2) is 0 Å². The van der Waals surface area contributed by atoms with Gasteiger partial charge in [0.05, 0.1) is 13.1 Å². The van der Waals surface area contributed by atoms with Crippen molar-refractivity contribution in [2.45, 2.75) is 19.1 Å². The second-order valence-electron chi connectivity index (χ2n) is 4.64. The molecule has 0 aromatic carbocycles. The Kier molecular flexibility index (Phi) is 7.52. The molecule has 0 aliphatic heterocycles. The highest BCUT2D eigenvalue weighted by atomic mass is 32.1.